The highest BCUT2D eigenvalue weighted by molar-refractivity contribution is 5.93. The Kier molecular flexibility index (Phi) is 7.67. The Labute approximate surface area is 212 Å². The van der Waals surface area contributed by atoms with Crippen molar-refractivity contribution in [1.29, 1.82) is 0 Å². The number of ether oxygens (including phenoxy) is 4. The second kappa shape index (κ2) is 10.4. The van der Waals surface area contributed by atoms with E-state index in [-0.39, 0.29) is 0 Å². The third-order valence-electron chi connectivity index (χ3n) is 4.97. The molecule has 0 atom stereocenters. The van der Waals surface area contributed by atoms with Gasteiger partial charge in [-0.1, -0.05) is 0 Å². The van der Waals surface area contributed by atoms with Gasteiger partial charge in [0.15, 0.2) is 0 Å². The fourth-order valence-corrected chi connectivity index (χ4v) is 3.38. The van der Waals surface area contributed by atoms with Crippen LogP contribution in [0.4, 0.5) is 9.59 Å². The Morgan fingerprint density at radius 3 is 1.14 bits per heavy atom. The molecule has 0 aromatic heterocycles. The molecule has 0 saturated heterocycles. The van der Waals surface area contributed by atoms with Crippen molar-refractivity contribution in [2.45, 2.75) is 52.7 Å². The zero-order chi connectivity index (χ0) is 26.7. The second-order valence-corrected chi connectivity index (χ2v) is 10.2. The number of amides is 2. The number of carbonyl (C=O) groups excluding carboxylic acids is 2. The number of carbonyl (C=O) groups is 2. The minimum Gasteiger partial charge on any atom is -0.497 e. The Bertz CT molecular complexity index is 1060. The molecule has 2 aromatic carbocycles. The Balaban J connectivity index is 2.17. The molecule has 0 aliphatic carbocycles. The first-order chi connectivity index (χ1) is 16.8. The lowest BCUT2D eigenvalue weighted by Gasteiger charge is -2.35. The predicted octanol–water partition coefficient (Wildman–Crippen LogP) is 6.49. The second-order valence-electron chi connectivity index (χ2n) is 10.2. The van der Waals surface area contributed by atoms with Gasteiger partial charge in [-0.3, -0.25) is 0 Å². The van der Waals surface area contributed by atoms with Crippen molar-refractivity contribution in [3.05, 3.63) is 72.1 Å². The summed E-state index contributed by atoms with van der Waals surface area (Å²) in [5.74, 6) is 1.33. The van der Waals surface area contributed by atoms with Gasteiger partial charge in [0.2, 0.25) is 0 Å². The van der Waals surface area contributed by atoms with E-state index in [1.807, 2.05) is 24.3 Å². The molecule has 1 aliphatic heterocycles. The van der Waals surface area contributed by atoms with Crippen molar-refractivity contribution in [3.8, 4) is 11.5 Å². The van der Waals surface area contributed by atoms with Gasteiger partial charge < -0.3 is 18.9 Å². The standard InChI is InChI=1S/C28H34N2O6/c1-27(2,3)35-25(31)29-17-24(20-11-15-22(34-8)16-12-20)30(26(32)36-28(4,5)6)18-23(29)19-9-13-21(33-7)14-10-19/h9-18H,1-8H3. The minimum absolute atomic E-state index is 0.440. The lowest BCUT2D eigenvalue weighted by Crippen LogP contribution is -2.39. The molecule has 192 valence electrons. The zero-order valence-electron chi connectivity index (χ0n) is 22.1. The number of nitrogens with zero attached hydrogens (tertiary/aromatic N) is 2. The van der Waals surface area contributed by atoms with Gasteiger partial charge >= 0.3 is 12.2 Å². The monoisotopic (exact) mass is 494 g/mol. The van der Waals surface area contributed by atoms with Crippen molar-refractivity contribution in [1.82, 2.24) is 9.80 Å². The number of rotatable bonds is 4. The van der Waals surface area contributed by atoms with E-state index in [1.165, 1.54) is 9.80 Å². The Morgan fingerprint density at radius 1 is 0.583 bits per heavy atom. The quantitative estimate of drug-likeness (QED) is 0.484. The van der Waals surface area contributed by atoms with Gasteiger partial charge in [0.05, 0.1) is 25.6 Å². The lowest BCUT2D eigenvalue weighted by atomic mass is 10.1. The van der Waals surface area contributed by atoms with Crippen LogP contribution in [-0.4, -0.2) is 47.4 Å². The molecule has 8 nitrogen and oxygen atoms in total. The maximum atomic E-state index is 13.3. The van der Waals surface area contributed by atoms with E-state index in [2.05, 4.69) is 0 Å². The predicted molar refractivity (Wildman–Crippen MR) is 138 cm³/mol. The van der Waals surface area contributed by atoms with E-state index in [9.17, 15) is 9.59 Å². The molecule has 0 spiro atoms. The summed E-state index contributed by atoms with van der Waals surface area (Å²) < 4.78 is 21.9. The van der Waals surface area contributed by atoms with Crippen LogP contribution in [0.3, 0.4) is 0 Å². The van der Waals surface area contributed by atoms with E-state index in [0.29, 0.717) is 34.0 Å². The average Bonchev–Trinajstić information content (AvgIpc) is 2.81. The van der Waals surface area contributed by atoms with Crippen LogP contribution in [0, 0.1) is 0 Å². The number of methoxy groups -OCH3 is 2. The summed E-state index contributed by atoms with van der Waals surface area (Å²) >= 11 is 0. The van der Waals surface area contributed by atoms with Gasteiger partial charge in [0.25, 0.3) is 0 Å². The van der Waals surface area contributed by atoms with Crippen molar-refractivity contribution < 1.29 is 28.5 Å². The molecule has 2 amide bonds. The van der Waals surface area contributed by atoms with Crippen LogP contribution in [0.2, 0.25) is 0 Å². The van der Waals surface area contributed by atoms with Crippen molar-refractivity contribution in [3.63, 3.8) is 0 Å². The molecule has 0 N–H and O–H groups in total. The van der Waals surface area contributed by atoms with Crippen LogP contribution in [-0.2, 0) is 9.47 Å². The van der Waals surface area contributed by atoms with Crippen molar-refractivity contribution >= 4 is 23.6 Å². The molecule has 36 heavy (non-hydrogen) atoms. The maximum Gasteiger partial charge on any atom is 0.419 e. The Morgan fingerprint density at radius 2 is 0.889 bits per heavy atom. The van der Waals surface area contributed by atoms with Gasteiger partial charge in [-0.05, 0) is 90.1 Å². The summed E-state index contributed by atoms with van der Waals surface area (Å²) in [5.41, 5.74) is 0.794. The van der Waals surface area contributed by atoms with E-state index < -0.39 is 23.4 Å². The third kappa shape index (κ3) is 6.59. The van der Waals surface area contributed by atoms with E-state index in [0.717, 1.165) is 0 Å². The maximum absolute atomic E-state index is 13.3. The smallest absolute Gasteiger partial charge is 0.419 e. The molecule has 1 aliphatic rings. The van der Waals surface area contributed by atoms with Crippen LogP contribution in [0.1, 0.15) is 52.7 Å². The van der Waals surface area contributed by atoms with E-state index in [4.69, 9.17) is 18.9 Å². The van der Waals surface area contributed by atoms with Gasteiger partial charge in [-0.25, -0.2) is 19.4 Å². The van der Waals surface area contributed by atoms with Crippen LogP contribution in [0.15, 0.2) is 60.9 Å². The first-order valence-electron chi connectivity index (χ1n) is 11.6. The summed E-state index contributed by atoms with van der Waals surface area (Å²) in [7, 11) is 3.16. The molecule has 1 heterocycles. The molecule has 8 heteroatoms. The molecule has 0 radical (unpaired) electrons. The summed E-state index contributed by atoms with van der Waals surface area (Å²) in [6, 6.07) is 14.4. The SMILES string of the molecule is COc1ccc(C2=CN(C(=O)OC(C)(C)C)C(c3ccc(OC)cc3)=CN2C(=O)OC(C)(C)C)cc1. The summed E-state index contributed by atoms with van der Waals surface area (Å²) in [6.07, 6.45) is 2.00. The fraction of sp³-hybridized carbons (Fsp3) is 0.357. The van der Waals surface area contributed by atoms with Crippen LogP contribution < -0.4 is 9.47 Å². The van der Waals surface area contributed by atoms with Gasteiger partial charge in [-0.2, -0.15) is 0 Å². The molecule has 0 unspecified atom stereocenters. The highest BCUT2D eigenvalue weighted by Gasteiger charge is 2.34. The van der Waals surface area contributed by atoms with E-state index >= 15 is 0 Å². The average molecular weight is 495 g/mol. The van der Waals surface area contributed by atoms with Crippen LogP contribution in [0.5, 0.6) is 11.5 Å². The summed E-state index contributed by atoms with van der Waals surface area (Å²) in [5, 5.41) is 0. The van der Waals surface area contributed by atoms with Gasteiger partial charge in [0.1, 0.15) is 22.7 Å². The van der Waals surface area contributed by atoms with E-state index in [1.54, 1.807) is 92.4 Å². The Hall–Kier alpha value is -3.94. The van der Waals surface area contributed by atoms with Gasteiger partial charge in [-0.15, -0.1) is 0 Å². The highest BCUT2D eigenvalue weighted by Crippen LogP contribution is 2.35. The highest BCUT2D eigenvalue weighted by atomic mass is 16.6. The lowest BCUT2D eigenvalue weighted by molar-refractivity contribution is 0.0361. The normalized spacial score (nSPS) is 14.0. The van der Waals surface area contributed by atoms with Gasteiger partial charge in [0, 0.05) is 23.5 Å². The molecular weight excluding hydrogens is 460 g/mol. The van der Waals surface area contributed by atoms with Crippen molar-refractivity contribution in [2.24, 2.45) is 0 Å². The summed E-state index contributed by atoms with van der Waals surface area (Å²) in [4.78, 5) is 29.5. The molecule has 3 rings (SSSR count). The topological polar surface area (TPSA) is 77.5 Å². The number of benzene rings is 2. The first kappa shape index (κ1) is 26.7. The molecular formula is C28H34N2O6. The molecule has 0 bridgehead atoms. The molecule has 0 saturated carbocycles. The molecule has 0 fully saturated rings. The largest absolute Gasteiger partial charge is 0.497 e. The zero-order valence-corrected chi connectivity index (χ0v) is 22.1. The molecule has 2 aromatic rings. The first-order valence-corrected chi connectivity index (χ1v) is 11.6. The number of hydrogen-bond donors (Lipinski definition) is 0. The third-order valence-corrected chi connectivity index (χ3v) is 4.97. The van der Waals surface area contributed by atoms with Crippen LogP contribution in [0.25, 0.3) is 11.4 Å². The van der Waals surface area contributed by atoms with Crippen LogP contribution >= 0.6 is 0 Å². The number of hydrogen-bond acceptors (Lipinski definition) is 6. The fourth-order valence-electron chi connectivity index (χ4n) is 3.38. The minimum atomic E-state index is -0.724. The summed E-state index contributed by atoms with van der Waals surface area (Å²) in [6.45, 7) is 10.8. The van der Waals surface area contributed by atoms with Crippen molar-refractivity contribution in [2.75, 3.05) is 14.2 Å².